The third-order valence-electron chi connectivity index (χ3n) is 2.59. The number of pyridine rings is 1. The van der Waals surface area contributed by atoms with Gasteiger partial charge in [0.1, 0.15) is 11.5 Å². The number of hydrogen-bond donors (Lipinski definition) is 1. The second kappa shape index (κ2) is 5.58. The van der Waals surface area contributed by atoms with Gasteiger partial charge in [0.25, 0.3) is 0 Å². The summed E-state index contributed by atoms with van der Waals surface area (Å²) >= 11 is 0. The van der Waals surface area contributed by atoms with Gasteiger partial charge in [0, 0.05) is 24.5 Å². The van der Waals surface area contributed by atoms with Crippen molar-refractivity contribution in [3.05, 3.63) is 36.2 Å². The average Bonchev–Trinajstić information content (AvgIpc) is 2.40. The molecule has 1 N–H and O–H groups in total. The van der Waals surface area contributed by atoms with Gasteiger partial charge < -0.3 is 5.32 Å². The van der Waals surface area contributed by atoms with Gasteiger partial charge in [-0.15, -0.1) is 0 Å². The number of anilines is 1. The monoisotopic (exact) mass is 242 g/mol. The molecule has 18 heavy (non-hydrogen) atoms. The highest BCUT2D eigenvalue weighted by Gasteiger charge is 2.09. The van der Waals surface area contributed by atoms with E-state index in [0.717, 1.165) is 23.8 Å². The normalized spacial score (nSPS) is 10.7. The predicted molar refractivity (Wildman–Crippen MR) is 73.5 cm³/mol. The quantitative estimate of drug-likeness (QED) is 0.895. The molecular weight excluding hydrogens is 224 g/mol. The molecule has 2 heterocycles. The minimum absolute atomic E-state index is 0.368. The van der Waals surface area contributed by atoms with E-state index in [2.05, 4.69) is 41.0 Å². The molecule has 0 fully saturated rings. The molecule has 4 heteroatoms. The molecule has 0 aromatic carbocycles. The van der Waals surface area contributed by atoms with Crippen LogP contribution in [0, 0.1) is 0 Å². The third-order valence-corrected chi connectivity index (χ3v) is 2.59. The van der Waals surface area contributed by atoms with Crippen molar-refractivity contribution < 1.29 is 0 Å². The lowest BCUT2D eigenvalue weighted by molar-refractivity contribution is 0.816. The molecule has 2 rings (SSSR count). The van der Waals surface area contributed by atoms with Crippen LogP contribution in [0.4, 0.5) is 5.82 Å². The summed E-state index contributed by atoms with van der Waals surface area (Å²) < 4.78 is 0. The summed E-state index contributed by atoms with van der Waals surface area (Å²) in [7, 11) is 0. The summed E-state index contributed by atoms with van der Waals surface area (Å²) in [6.07, 6.45) is 1.76. The van der Waals surface area contributed by atoms with E-state index in [4.69, 9.17) is 0 Å². The molecule has 0 amide bonds. The van der Waals surface area contributed by atoms with Crippen molar-refractivity contribution in [1.29, 1.82) is 0 Å². The van der Waals surface area contributed by atoms with Gasteiger partial charge in [-0.1, -0.05) is 19.9 Å². The van der Waals surface area contributed by atoms with E-state index in [1.165, 1.54) is 0 Å². The first-order chi connectivity index (χ1) is 8.70. The molecule has 2 aromatic rings. The molecule has 2 aromatic heterocycles. The molecule has 0 radical (unpaired) electrons. The standard InChI is InChI=1S/C14H18N4/c1-4-15-13-9-12(10(2)3)17-14(18-13)11-7-5-6-8-16-11/h5-10H,4H2,1-3H3,(H,15,17,18). The molecule has 0 aliphatic rings. The largest absolute Gasteiger partial charge is 0.370 e. The molecule has 94 valence electrons. The summed E-state index contributed by atoms with van der Waals surface area (Å²) in [5, 5.41) is 3.23. The van der Waals surface area contributed by atoms with Crippen LogP contribution in [0.15, 0.2) is 30.5 Å². The summed E-state index contributed by atoms with van der Waals surface area (Å²) in [6, 6.07) is 7.76. The zero-order chi connectivity index (χ0) is 13.0. The first-order valence-corrected chi connectivity index (χ1v) is 6.25. The van der Waals surface area contributed by atoms with Crippen LogP contribution < -0.4 is 5.32 Å². The first kappa shape index (κ1) is 12.5. The fraction of sp³-hybridized carbons (Fsp3) is 0.357. The van der Waals surface area contributed by atoms with Crippen molar-refractivity contribution in [3.8, 4) is 11.5 Å². The zero-order valence-corrected chi connectivity index (χ0v) is 11.0. The average molecular weight is 242 g/mol. The van der Waals surface area contributed by atoms with Crippen LogP contribution in [-0.4, -0.2) is 21.5 Å². The fourth-order valence-electron chi connectivity index (χ4n) is 1.64. The number of hydrogen-bond acceptors (Lipinski definition) is 4. The lowest BCUT2D eigenvalue weighted by atomic mass is 10.1. The molecule has 0 bridgehead atoms. The van der Waals surface area contributed by atoms with E-state index in [0.29, 0.717) is 11.7 Å². The van der Waals surface area contributed by atoms with E-state index < -0.39 is 0 Å². The lowest BCUT2D eigenvalue weighted by Gasteiger charge is -2.10. The zero-order valence-electron chi connectivity index (χ0n) is 11.0. The molecule has 0 spiro atoms. The Balaban J connectivity index is 2.46. The molecule has 0 saturated heterocycles. The van der Waals surface area contributed by atoms with Crippen molar-refractivity contribution in [3.63, 3.8) is 0 Å². The molecular formula is C14H18N4. The number of aromatic nitrogens is 3. The topological polar surface area (TPSA) is 50.7 Å². The molecule has 0 unspecified atom stereocenters. The van der Waals surface area contributed by atoms with E-state index in [9.17, 15) is 0 Å². The van der Waals surface area contributed by atoms with Gasteiger partial charge in [-0.05, 0) is 25.0 Å². The Bertz CT molecular complexity index is 508. The summed E-state index contributed by atoms with van der Waals surface area (Å²) in [6.45, 7) is 7.15. The second-order valence-electron chi connectivity index (χ2n) is 4.40. The van der Waals surface area contributed by atoms with Crippen LogP contribution in [0.3, 0.4) is 0 Å². The highest BCUT2D eigenvalue weighted by Crippen LogP contribution is 2.20. The molecule has 4 nitrogen and oxygen atoms in total. The summed E-state index contributed by atoms with van der Waals surface area (Å²) in [5.74, 6) is 1.91. The van der Waals surface area contributed by atoms with Crippen LogP contribution in [0.25, 0.3) is 11.5 Å². The third kappa shape index (κ3) is 2.83. The van der Waals surface area contributed by atoms with Crippen molar-refractivity contribution in [2.45, 2.75) is 26.7 Å². The Labute approximate surface area is 108 Å². The van der Waals surface area contributed by atoms with Gasteiger partial charge in [0.05, 0.1) is 0 Å². The van der Waals surface area contributed by atoms with Crippen LogP contribution in [0.2, 0.25) is 0 Å². The minimum Gasteiger partial charge on any atom is -0.370 e. The Morgan fingerprint density at radius 2 is 2.06 bits per heavy atom. The SMILES string of the molecule is CCNc1cc(C(C)C)nc(-c2ccccn2)n1. The van der Waals surface area contributed by atoms with Gasteiger partial charge >= 0.3 is 0 Å². The van der Waals surface area contributed by atoms with Crippen molar-refractivity contribution in [1.82, 2.24) is 15.0 Å². The van der Waals surface area contributed by atoms with Crippen molar-refractivity contribution in [2.75, 3.05) is 11.9 Å². The van der Waals surface area contributed by atoms with E-state index in [1.807, 2.05) is 24.3 Å². The molecule has 0 aliphatic heterocycles. The molecule has 0 saturated carbocycles. The van der Waals surface area contributed by atoms with Gasteiger partial charge in [0.15, 0.2) is 5.82 Å². The second-order valence-corrected chi connectivity index (χ2v) is 4.40. The highest BCUT2D eigenvalue weighted by molar-refractivity contribution is 5.53. The van der Waals surface area contributed by atoms with Crippen LogP contribution in [-0.2, 0) is 0 Å². The predicted octanol–water partition coefficient (Wildman–Crippen LogP) is 3.09. The highest BCUT2D eigenvalue weighted by atomic mass is 15.0. The maximum Gasteiger partial charge on any atom is 0.180 e. The summed E-state index contributed by atoms with van der Waals surface area (Å²) in [5.41, 5.74) is 1.83. The number of nitrogens with one attached hydrogen (secondary N) is 1. The van der Waals surface area contributed by atoms with Crippen LogP contribution in [0.1, 0.15) is 32.4 Å². The van der Waals surface area contributed by atoms with Gasteiger partial charge in [-0.25, -0.2) is 9.97 Å². The minimum atomic E-state index is 0.368. The molecule has 0 atom stereocenters. The summed E-state index contributed by atoms with van der Waals surface area (Å²) in [4.78, 5) is 13.4. The number of nitrogens with zero attached hydrogens (tertiary/aromatic N) is 3. The maximum absolute atomic E-state index is 4.57. The Hall–Kier alpha value is -1.97. The number of rotatable bonds is 4. The smallest absolute Gasteiger partial charge is 0.180 e. The lowest BCUT2D eigenvalue weighted by Crippen LogP contribution is -2.05. The molecule has 0 aliphatic carbocycles. The van der Waals surface area contributed by atoms with Gasteiger partial charge in [-0.2, -0.15) is 0 Å². The fourth-order valence-corrected chi connectivity index (χ4v) is 1.64. The van der Waals surface area contributed by atoms with Crippen molar-refractivity contribution >= 4 is 5.82 Å². The van der Waals surface area contributed by atoms with Gasteiger partial charge in [0.2, 0.25) is 0 Å². The van der Waals surface area contributed by atoms with Crippen LogP contribution >= 0.6 is 0 Å². The van der Waals surface area contributed by atoms with Crippen LogP contribution in [0.5, 0.6) is 0 Å². The van der Waals surface area contributed by atoms with Crippen molar-refractivity contribution in [2.24, 2.45) is 0 Å². The Morgan fingerprint density at radius 3 is 2.67 bits per heavy atom. The van der Waals surface area contributed by atoms with E-state index in [-0.39, 0.29) is 0 Å². The maximum atomic E-state index is 4.57. The van der Waals surface area contributed by atoms with E-state index in [1.54, 1.807) is 6.20 Å². The first-order valence-electron chi connectivity index (χ1n) is 6.25. The Kier molecular flexibility index (Phi) is 3.87. The Morgan fingerprint density at radius 1 is 1.22 bits per heavy atom. The van der Waals surface area contributed by atoms with E-state index >= 15 is 0 Å². The van der Waals surface area contributed by atoms with Gasteiger partial charge in [-0.3, -0.25) is 4.98 Å².